The lowest BCUT2D eigenvalue weighted by Crippen LogP contribution is -2.13. The van der Waals surface area contributed by atoms with E-state index in [0.717, 1.165) is 17.3 Å². The number of thioether (sulfide) groups is 1. The Hall–Kier alpha value is -3.55. The molecule has 0 saturated heterocycles. The summed E-state index contributed by atoms with van der Waals surface area (Å²) in [5, 5.41) is 12.9. The third-order valence-corrected chi connectivity index (χ3v) is 6.06. The van der Waals surface area contributed by atoms with Crippen molar-refractivity contribution in [3.63, 3.8) is 0 Å². The van der Waals surface area contributed by atoms with Crippen LogP contribution in [-0.2, 0) is 4.79 Å². The van der Waals surface area contributed by atoms with Crippen LogP contribution in [0.4, 0.5) is 5.13 Å². The van der Waals surface area contributed by atoms with Gasteiger partial charge in [0.2, 0.25) is 10.3 Å². The number of amides is 1. The molecule has 0 unspecified atom stereocenters. The number of carbonyl (C=O) groups is 1. The topological polar surface area (TPSA) is 106 Å². The van der Waals surface area contributed by atoms with Gasteiger partial charge < -0.3 is 14.2 Å². The summed E-state index contributed by atoms with van der Waals surface area (Å²) in [6, 6.07) is 13.0. The average Bonchev–Trinajstić information content (AvgIpc) is 3.30. The molecule has 176 valence electrons. The van der Waals surface area contributed by atoms with Crippen LogP contribution < -0.4 is 19.5 Å². The number of carbonyl (C=O) groups excluding carboxylic acids is 1. The molecule has 10 heteroatoms. The van der Waals surface area contributed by atoms with E-state index >= 15 is 0 Å². The Morgan fingerprint density at radius 3 is 2.62 bits per heavy atom. The number of aromatic nitrogens is 2. The van der Waals surface area contributed by atoms with E-state index in [9.17, 15) is 10.1 Å². The van der Waals surface area contributed by atoms with Crippen molar-refractivity contribution in [1.82, 2.24) is 9.36 Å². The van der Waals surface area contributed by atoms with E-state index in [1.54, 1.807) is 18.2 Å². The molecule has 2 aromatic carbocycles. The van der Waals surface area contributed by atoms with Gasteiger partial charge in [0.15, 0.2) is 11.5 Å². The Bertz CT molecular complexity index is 1230. The van der Waals surface area contributed by atoms with Crippen LogP contribution in [0, 0.1) is 25.2 Å². The number of benzene rings is 2. The average molecular weight is 497 g/mol. The standard InChI is InChI=1S/C24H24N4O4S2/c1-15-5-7-19(11-16(15)2)31-9-10-32-20-8-6-17(13-21(20)30-3)12-18(14-25)22(29)26-23-27-24(33-4)28-34-23/h5-8,11-13H,9-10H2,1-4H3,(H,26,27,28,29)/b18-12-. The van der Waals surface area contributed by atoms with Crippen molar-refractivity contribution >= 4 is 40.4 Å². The predicted octanol–water partition coefficient (Wildman–Crippen LogP) is 4.89. The predicted molar refractivity (Wildman–Crippen MR) is 134 cm³/mol. The normalized spacial score (nSPS) is 11.0. The molecule has 0 aliphatic carbocycles. The molecule has 34 heavy (non-hydrogen) atoms. The highest BCUT2D eigenvalue weighted by Gasteiger charge is 2.14. The molecular formula is C24H24N4O4S2. The molecule has 1 heterocycles. The Balaban J connectivity index is 1.62. The summed E-state index contributed by atoms with van der Waals surface area (Å²) in [6.45, 7) is 4.79. The van der Waals surface area contributed by atoms with Crippen LogP contribution in [-0.4, -0.2) is 41.8 Å². The monoisotopic (exact) mass is 496 g/mol. The molecule has 0 aliphatic heterocycles. The number of rotatable bonds is 10. The van der Waals surface area contributed by atoms with E-state index in [4.69, 9.17) is 14.2 Å². The number of anilines is 1. The zero-order valence-electron chi connectivity index (χ0n) is 19.2. The molecule has 0 aliphatic rings. The van der Waals surface area contributed by atoms with Crippen LogP contribution in [0.3, 0.4) is 0 Å². The minimum absolute atomic E-state index is 0.0709. The second kappa shape index (κ2) is 12.1. The molecular weight excluding hydrogens is 472 g/mol. The first-order valence-corrected chi connectivity index (χ1v) is 12.2. The largest absolute Gasteiger partial charge is 0.493 e. The summed E-state index contributed by atoms with van der Waals surface area (Å²) in [4.78, 5) is 16.6. The van der Waals surface area contributed by atoms with Gasteiger partial charge in [0.05, 0.1) is 7.11 Å². The van der Waals surface area contributed by atoms with E-state index in [-0.39, 0.29) is 5.57 Å². The molecule has 0 fully saturated rings. The number of ether oxygens (including phenoxy) is 3. The van der Waals surface area contributed by atoms with Gasteiger partial charge in [-0.25, -0.2) is 0 Å². The van der Waals surface area contributed by atoms with Crippen LogP contribution >= 0.6 is 23.3 Å². The van der Waals surface area contributed by atoms with Crippen molar-refractivity contribution in [2.75, 3.05) is 31.9 Å². The lowest BCUT2D eigenvalue weighted by molar-refractivity contribution is -0.112. The van der Waals surface area contributed by atoms with Gasteiger partial charge in [-0.3, -0.25) is 10.1 Å². The third kappa shape index (κ3) is 6.73. The molecule has 1 amide bonds. The molecule has 3 rings (SSSR count). The van der Waals surface area contributed by atoms with Crippen LogP contribution in [0.15, 0.2) is 47.1 Å². The summed E-state index contributed by atoms with van der Waals surface area (Å²) < 4.78 is 21.0. The van der Waals surface area contributed by atoms with Crippen LogP contribution in [0.5, 0.6) is 17.2 Å². The minimum atomic E-state index is -0.561. The van der Waals surface area contributed by atoms with Gasteiger partial charge in [0, 0.05) is 11.5 Å². The molecule has 0 bridgehead atoms. The van der Waals surface area contributed by atoms with E-state index in [0.29, 0.717) is 40.6 Å². The molecule has 0 saturated carbocycles. The van der Waals surface area contributed by atoms with Crippen molar-refractivity contribution in [3.05, 3.63) is 58.7 Å². The quantitative estimate of drug-likeness (QED) is 0.183. The van der Waals surface area contributed by atoms with Gasteiger partial charge in [0.1, 0.15) is 30.6 Å². The lowest BCUT2D eigenvalue weighted by atomic mass is 10.1. The maximum Gasteiger partial charge on any atom is 0.268 e. The van der Waals surface area contributed by atoms with Crippen molar-refractivity contribution in [3.8, 4) is 23.3 Å². The number of hydrogen-bond donors (Lipinski definition) is 1. The third-order valence-electron chi connectivity index (χ3n) is 4.76. The first kappa shape index (κ1) is 25.1. The fourth-order valence-electron chi connectivity index (χ4n) is 2.83. The SMILES string of the molecule is COc1cc(/C=C(/C#N)C(=O)Nc2nc(SC)ns2)ccc1OCCOc1ccc(C)c(C)c1. The lowest BCUT2D eigenvalue weighted by Gasteiger charge is -2.13. The Labute approximate surface area is 206 Å². The number of hydrogen-bond acceptors (Lipinski definition) is 9. The Kier molecular flexibility index (Phi) is 8.90. The second-order valence-corrected chi connectivity index (χ2v) is 8.59. The molecule has 8 nitrogen and oxygen atoms in total. The summed E-state index contributed by atoms with van der Waals surface area (Å²) >= 11 is 2.43. The fraction of sp³-hybridized carbons (Fsp3) is 0.250. The van der Waals surface area contributed by atoms with Gasteiger partial charge in [0.25, 0.3) is 5.91 Å². The van der Waals surface area contributed by atoms with Gasteiger partial charge in [-0.2, -0.15) is 14.6 Å². The van der Waals surface area contributed by atoms with Crippen molar-refractivity contribution in [2.24, 2.45) is 0 Å². The van der Waals surface area contributed by atoms with Gasteiger partial charge in [-0.05, 0) is 67.1 Å². The first-order chi connectivity index (χ1) is 16.4. The second-order valence-electron chi connectivity index (χ2n) is 7.06. The number of nitrogens with one attached hydrogen (secondary N) is 1. The molecule has 3 aromatic rings. The summed E-state index contributed by atoms with van der Waals surface area (Å²) in [6.07, 6.45) is 3.31. The highest BCUT2D eigenvalue weighted by Crippen LogP contribution is 2.29. The smallest absolute Gasteiger partial charge is 0.268 e. The fourth-order valence-corrected chi connectivity index (χ4v) is 3.95. The first-order valence-electron chi connectivity index (χ1n) is 10.2. The molecule has 0 spiro atoms. The zero-order valence-corrected chi connectivity index (χ0v) is 20.9. The van der Waals surface area contributed by atoms with Crippen molar-refractivity contribution < 1.29 is 19.0 Å². The van der Waals surface area contributed by atoms with Gasteiger partial charge >= 0.3 is 0 Å². The van der Waals surface area contributed by atoms with Crippen molar-refractivity contribution in [2.45, 2.75) is 19.0 Å². The highest BCUT2D eigenvalue weighted by atomic mass is 32.2. The van der Waals surface area contributed by atoms with Crippen molar-refractivity contribution in [1.29, 1.82) is 5.26 Å². The van der Waals surface area contributed by atoms with Crippen LogP contribution in [0.25, 0.3) is 6.08 Å². The Morgan fingerprint density at radius 1 is 1.15 bits per heavy atom. The maximum atomic E-state index is 12.5. The Morgan fingerprint density at radius 2 is 1.94 bits per heavy atom. The number of nitriles is 1. The van der Waals surface area contributed by atoms with Crippen LogP contribution in [0.1, 0.15) is 16.7 Å². The summed E-state index contributed by atoms with van der Waals surface area (Å²) in [5.74, 6) is 1.24. The maximum absolute atomic E-state index is 12.5. The number of aryl methyl sites for hydroxylation is 2. The minimum Gasteiger partial charge on any atom is -0.493 e. The molecule has 1 N–H and O–H groups in total. The van der Waals surface area contributed by atoms with E-state index in [2.05, 4.69) is 21.6 Å². The highest BCUT2D eigenvalue weighted by molar-refractivity contribution is 7.98. The summed E-state index contributed by atoms with van der Waals surface area (Å²) in [7, 11) is 1.53. The van der Waals surface area contributed by atoms with Crippen LogP contribution in [0.2, 0.25) is 0 Å². The van der Waals surface area contributed by atoms with E-state index < -0.39 is 5.91 Å². The van der Waals surface area contributed by atoms with Gasteiger partial charge in [-0.15, -0.1) is 0 Å². The number of methoxy groups -OCH3 is 1. The molecule has 0 radical (unpaired) electrons. The van der Waals surface area contributed by atoms with Gasteiger partial charge in [-0.1, -0.05) is 23.9 Å². The van der Waals surface area contributed by atoms with E-state index in [1.807, 2.05) is 37.4 Å². The number of nitrogens with zero attached hydrogens (tertiary/aromatic N) is 3. The summed E-state index contributed by atoms with van der Waals surface area (Å²) in [5.41, 5.74) is 2.93. The molecule has 0 atom stereocenters. The zero-order chi connectivity index (χ0) is 24.5. The molecule has 1 aromatic heterocycles. The van der Waals surface area contributed by atoms with E-state index in [1.165, 1.54) is 36.1 Å².